The van der Waals surface area contributed by atoms with Gasteiger partial charge in [0.25, 0.3) is 0 Å². The maximum absolute atomic E-state index is 13.1. The van der Waals surface area contributed by atoms with Crippen molar-refractivity contribution in [3.63, 3.8) is 0 Å². The number of hydrogen-bond donors (Lipinski definition) is 1. The summed E-state index contributed by atoms with van der Waals surface area (Å²) in [5.74, 6) is 0.987. The number of carbonyl (C=O) groups is 1. The van der Waals surface area contributed by atoms with Gasteiger partial charge in [-0.1, -0.05) is 163 Å². The maximum atomic E-state index is 13.1. The van der Waals surface area contributed by atoms with Crippen LogP contribution in [0.3, 0.4) is 0 Å². The van der Waals surface area contributed by atoms with E-state index in [2.05, 4.69) is 53.8 Å². The van der Waals surface area contributed by atoms with E-state index in [-0.39, 0.29) is 11.8 Å². The van der Waals surface area contributed by atoms with Gasteiger partial charge in [0, 0.05) is 11.7 Å². The van der Waals surface area contributed by atoms with E-state index in [9.17, 15) is 4.79 Å². The Morgan fingerprint density at radius 1 is 0.649 bits per heavy atom. The molecule has 1 unspecified atom stereocenters. The summed E-state index contributed by atoms with van der Waals surface area (Å²) in [7, 11) is 0. The molecule has 4 aromatic rings. The van der Waals surface area contributed by atoms with Crippen LogP contribution in [0.5, 0.6) is 0 Å². The second-order valence-electron chi connectivity index (χ2n) is 8.46. The molecule has 0 heterocycles. The van der Waals surface area contributed by atoms with Crippen molar-refractivity contribution in [2.75, 3.05) is 11.6 Å². The Balaban J connectivity index is 1.42. The number of nitrogens with one attached hydrogen (secondary N) is 1. The predicted octanol–water partition coefficient (Wildman–Crippen LogP) is 6.25. The average molecular weight is 598 g/mol. The summed E-state index contributed by atoms with van der Waals surface area (Å²) >= 11 is 16.0. The second-order valence-corrected chi connectivity index (χ2v) is 23.4. The van der Waals surface area contributed by atoms with Crippen LogP contribution in [0.2, 0.25) is 0 Å². The van der Waals surface area contributed by atoms with Crippen molar-refractivity contribution in [2.45, 2.75) is 6.92 Å². The summed E-state index contributed by atoms with van der Waals surface area (Å²) in [6, 6.07) is 41.2. The molecule has 4 rings (SSSR count). The van der Waals surface area contributed by atoms with E-state index in [1.165, 1.54) is 0 Å². The molecular formula is C29H29NOP2S4. The van der Waals surface area contributed by atoms with Gasteiger partial charge >= 0.3 is 0 Å². The van der Waals surface area contributed by atoms with E-state index in [0.717, 1.165) is 21.2 Å². The third-order valence-electron chi connectivity index (χ3n) is 5.83. The van der Waals surface area contributed by atoms with E-state index in [1.54, 1.807) is 22.8 Å². The van der Waals surface area contributed by atoms with Crippen molar-refractivity contribution in [3.8, 4) is 0 Å². The first-order valence-electron chi connectivity index (χ1n) is 11.9. The standard InChI is InChI=1S/C29H29NOP2S4/c1-24(22-36-32(34,25-14-6-2-7-15-25)26-16-8-3-9-17-26)29(31)30-23-37-33(35,27-18-10-4-11-19-27)28-20-12-5-13-21-28/h2-21,24H,22-23H2,1H3,(H,30,31). The van der Waals surface area contributed by atoms with Crippen molar-refractivity contribution in [1.29, 1.82) is 0 Å². The summed E-state index contributed by atoms with van der Waals surface area (Å²) in [4.78, 5) is 13.1. The van der Waals surface area contributed by atoms with Crippen molar-refractivity contribution in [3.05, 3.63) is 121 Å². The van der Waals surface area contributed by atoms with E-state index in [1.807, 2.05) is 79.7 Å². The van der Waals surface area contributed by atoms with Gasteiger partial charge in [-0.25, -0.2) is 0 Å². The molecule has 4 aromatic carbocycles. The van der Waals surface area contributed by atoms with E-state index < -0.39 is 10.5 Å². The quantitative estimate of drug-likeness (QED) is 0.163. The van der Waals surface area contributed by atoms with Gasteiger partial charge in [-0.2, -0.15) is 0 Å². The molecule has 0 fully saturated rings. The van der Waals surface area contributed by atoms with Gasteiger partial charge in [-0.3, -0.25) is 4.79 Å². The number of rotatable bonds is 11. The zero-order valence-electron chi connectivity index (χ0n) is 20.5. The van der Waals surface area contributed by atoms with Gasteiger partial charge in [0.05, 0.1) is 16.4 Å². The minimum atomic E-state index is -2.11. The fraction of sp³-hybridized carbons (Fsp3) is 0.138. The van der Waals surface area contributed by atoms with E-state index >= 15 is 0 Å². The molecular weight excluding hydrogens is 569 g/mol. The number of carbonyl (C=O) groups excluding carboxylic acids is 1. The highest BCUT2D eigenvalue weighted by atomic mass is 32.9. The molecule has 1 amide bonds. The minimum Gasteiger partial charge on any atom is -0.346 e. The van der Waals surface area contributed by atoms with Gasteiger partial charge in [-0.15, -0.1) is 11.4 Å². The highest BCUT2D eigenvalue weighted by Gasteiger charge is 2.26. The van der Waals surface area contributed by atoms with Crippen molar-refractivity contribution >= 4 is 84.0 Å². The molecule has 0 saturated carbocycles. The summed E-state index contributed by atoms with van der Waals surface area (Å²) in [6.45, 7) is 1.98. The lowest BCUT2D eigenvalue weighted by molar-refractivity contribution is -0.123. The van der Waals surface area contributed by atoms with E-state index in [0.29, 0.717) is 11.6 Å². The molecule has 0 radical (unpaired) electrons. The fourth-order valence-corrected chi connectivity index (χ4v) is 16.0. The Morgan fingerprint density at radius 2 is 0.973 bits per heavy atom. The molecule has 0 spiro atoms. The molecule has 1 atom stereocenters. The molecule has 190 valence electrons. The molecule has 0 bridgehead atoms. The molecule has 0 aliphatic rings. The lowest BCUT2D eigenvalue weighted by Gasteiger charge is -2.25. The zero-order valence-corrected chi connectivity index (χ0v) is 25.5. The van der Waals surface area contributed by atoms with Gasteiger partial charge in [0.15, 0.2) is 0 Å². The number of hydrogen-bond acceptors (Lipinski definition) is 5. The van der Waals surface area contributed by atoms with Crippen LogP contribution >= 0.6 is 33.2 Å². The van der Waals surface area contributed by atoms with Crippen LogP contribution in [0.1, 0.15) is 6.92 Å². The number of benzene rings is 4. The molecule has 0 aromatic heterocycles. The van der Waals surface area contributed by atoms with Crippen LogP contribution in [-0.4, -0.2) is 17.5 Å². The molecule has 1 N–H and O–H groups in total. The zero-order chi connectivity index (χ0) is 26.1. The molecule has 37 heavy (non-hydrogen) atoms. The Bertz CT molecular complexity index is 1300. The first-order valence-corrected chi connectivity index (χ1v) is 20.7. The first-order chi connectivity index (χ1) is 17.9. The van der Waals surface area contributed by atoms with Crippen LogP contribution in [-0.2, 0) is 28.4 Å². The topological polar surface area (TPSA) is 29.1 Å². The summed E-state index contributed by atoms with van der Waals surface area (Å²) in [5, 5.41) is 3.55. The highest BCUT2D eigenvalue weighted by molar-refractivity contribution is 8.75. The SMILES string of the molecule is CC(CSP(=S)(c1ccccc1)c1ccccc1)C(=O)NCSP(=S)(c1ccccc1)c1ccccc1. The van der Waals surface area contributed by atoms with Crippen LogP contribution in [0, 0.1) is 5.92 Å². The Hall–Kier alpha value is -1.65. The van der Waals surface area contributed by atoms with Crippen molar-refractivity contribution in [1.82, 2.24) is 5.32 Å². The lowest BCUT2D eigenvalue weighted by atomic mass is 10.2. The molecule has 0 saturated heterocycles. The van der Waals surface area contributed by atoms with Gasteiger partial charge < -0.3 is 5.32 Å². The minimum absolute atomic E-state index is 0.0327. The predicted molar refractivity (Wildman–Crippen MR) is 175 cm³/mol. The van der Waals surface area contributed by atoms with Crippen LogP contribution in [0.25, 0.3) is 0 Å². The first kappa shape index (κ1) is 28.4. The molecule has 0 aliphatic heterocycles. The van der Waals surface area contributed by atoms with Crippen LogP contribution in [0.4, 0.5) is 0 Å². The second kappa shape index (κ2) is 13.4. The van der Waals surface area contributed by atoms with Crippen molar-refractivity contribution < 1.29 is 4.79 Å². The Kier molecular flexibility index (Phi) is 10.3. The van der Waals surface area contributed by atoms with Crippen molar-refractivity contribution in [2.24, 2.45) is 5.92 Å². The van der Waals surface area contributed by atoms with Gasteiger partial charge in [0.1, 0.15) is 0 Å². The number of amides is 1. The Labute approximate surface area is 238 Å². The van der Waals surface area contributed by atoms with Gasteiger partial charge in [-0.05, 0) is 21.2 Å². The summed E-state index contributed by atoms with van der Waals surface area (Å²) < 4.78 is 0. The maximum Gasteiger partial charge on any atom is 0.224 e. The molecule has 0 aliphatic carbocycles. The van der Waals surface area contributed by atoms with Crippen LogP contribution < -0.4 is 26.5 Å². The fourth-order valence-electron chi connectivity index (χ4n) is 3.75. The normalized spacial score (nSPS) is 12.6. The monoisotopic (exact) mass is 597 g/mol. The smallest absolute Gasteiger partial charge is 0.224 e. The third-order valence-corrected chi connectivity index (χ3v) is 21.4. The van der Waals surface area contributed by atoms with Crippen LogP contribution in [0.15, 0.2) is 121 Å². The average Bonchev–Trinajstić information content (AvgIpc) is 2.97. The highest BCUT2D eigenvalue weighted by Crippen LogP contribution is 2.57. The molecule has 2 nitrogen and oxygen atoms in total. The lowest BCUT2D eigenvalue weighted by Crippen LogP contribution is -2.31. The molecule has 8 heteroatoms. The van der Waals surface area contributed by atoms with Gasteiger partial charge in [0.2, 0.25) is 5.91 Å². The third kappa shape index (κ3) is 7.06. The summed E-state index contributed by atoms with van der Waals surface area (Å²) in [5.41, 5.74) is 0. The Morgan fingerprint density at radius 3 is 1.32 bits per heavy atom. The summed E-state index contributed by atoms with van der Waals surface area (Å²) in [6.07, 6.45) is 0. The largest absolute Gasteiger partial charge is 0.346 e. The van der Waals surface area contributed by atoms with E-state index in [4.69, 9.17) is 23.6 Å².